The summed E-state index contributed by atoms with van der Waals surface area (Å²) in [7, 11) is -4.30. The van der Waals surface area contributed by atoms with Crippen molar-refractivity contribution < 1.29 is 43.0 Å². The molecule has 1 aromatic heterocycles. The van der Waals surface area contributed by atoms with Crippen LogP contribution in [0.1, 0.15) is 56.2 Å². The minimum absolute atomic E-state index is 0.0798. The van der Waals surface area contributed by atoms with Crippen LogP contribution in [0.5, 0.6) is 0 Å². The van der Waals surface area contributed by atoms with Gasteiger partial charge in [-0.25, -0.2) is 4.68 Å². The van der Waals surface area contributed by atoms with Crippen molar-refractivity contribution in [2.24, 2.45) is 5.92 Å². The lowest BCUT2D eigenvalue weighted by Crippen LogP contribution is -2.38. The third-order valence-corrected chi connectivity index (χ3v) is 8.29. The van der Waals surface area contributed by atoms with E-state index in [1.807, 2.05) is 24.3 Å². The van der Waals surface area contributed by atoms with E-state index < -0.39 is 44.7 Å². The Morgan fingerprint density at radius 1 is 1.12 bits per heavy atom. The molecular formula is C26H36FN4O8P. The molecular weight excluding hydrogens is 546 g/mol. The SMILES string of the molecule is O=C(O)CCC(CP(=O)(O)OC[C@@H]1CCCN1C(=O)CCCc1ccc(-n2cc(CCCF)nn2)cc1)C(=O)O. The number of aliphatic carboxylic acids is 2. The van der Waals surface area contributed by atoms with Crippen LogP contribution in [0.2, 0.25) is 0 Å². The zero-order valence-electron chi connectivity index (χ0n) is 22.2. The van der Waals surface area contributed by atoms with E-state index in [1.165, 1.54) is 0 Å². The number of carboxylic acid groups (broad SMARTS) is 2. The maximum Gasteiger partial charge on any atom is 0.329 e. The Morgan fingerprint density at radius 2 is 1.88 bits per heavy atom. The smallest absolute Gasteiger partial charge is 0.329 e. The number of amides is 1. The number of alkyl halides is 1. The van der Waals surface area contributed by atoms with Gasteiger partial charge in [-0.15, -0.1) is 5.10 Å². The standard InChI is InChI=1S/C26H36FN4O8P/c27-14-2-5-21-16-31(29-28-21)22-11-8-19(9-12-22)4-1-7-24(32)30-15-3-6-23(30)17-39-40(37,38)18-20(26(35)36)10-13-25(33)34/h8-9,11-12,16,20,23H,1-7,10,13-15,17-18H2,(H,33,34)(H,35,36)(H,37,38)/t20?,23-/m0/s1. The first-order valence-corrected chi connectivity index (χ1v) is 15.1. The third kappa shape index (κ3) is 9.79. The average molecular weight is 583 g/mol. The first-order valence-electron chi connectivity index (χ1n) is 13.3. The van der Waals surface area contributed by atoms with Gasteiger partial charge in [-0.2, -0.15) is 0 Å². The molecule has 1 aromatic carbocycles. The molecule has 0 radical (unpaired) electrons. The second kappa shape index (κ2) is 15.0. The van der Waals surface area contributed by atoms with Crippen LogP contribution in [0.3, 0.4) is 0 Å². The van der Waals surface area contributed by atoms with Crippen LogP contribution in [0.25, 0.3) is 5.69 Å². The largest absolute Gasteiger partial charge is 0.481 e. The van der Waals surface area contributed by atoms with E-state index >= 15 is 0 Å². The van der Waals surface area contributed by atoms with Gasteiger partial charge < -0.3 is 24.5 Å². The summed E-state index contributed by atoms with van der Waals surface area (Å²) in [6.07, 6.45) is 4.24. The lowest BCUT2D eigenvalue weighted by atomic mass is 10.1. The normalized spacial score (nSPS) is 17.4. The lowest BCUT2D eigenvalue weighted by molar-refractivity contribution is -0.142. The van der Waals surface area contributed by atoms with Gasteiger partial charge in [0.2, 0.25) is 5.91 Å². The van der Waals surface area contributed by atoms with Crippen LogP contribution < -0.4 is 0 Å². The highest BCUT2D eigenvalue weighted by molar-refractivity contribution is 7.52. The van der Waals surface area contributed by atoms with Crippen molar-refractivity contribution in [3.05, 3.63) is 41.7 Å². The molecule has 40 heavy (non-hydrogen) atoms. The van der Waals surface area contributed by atoms with Crippen LogP contribution in [0.15, 0.2) is 30.5 Å². The third-order valence-electron chi connectivity index (χ3n) is 6.84. The van der Waals surface area contributed by atoms with Crippen molar-refractivity contribution in [2.45, 2.75) is 63.8 Å². The molecule has 14 heteroatoms. The summed E-state index contributed by atoms with van der Waals surface area (Å²) in [6, 6.07) is 7.33. The number of carboxylic acids is 2. The van der Waals surface area contributed by atoms with Crippen molar-refractivity contribution in [1.82, 2.24) is 19.9 Å². The van der Waals surface area contributed by atoms with Gasteiger partial charge in [0.1, 0.15) is 0 Å². The van der Waals surface area contributed by atoms with E-state index in [1.54, 1.807) is 15.8 Å². The van der Waals surface area contributed by atoms with Crippen LogP contribution in [0, 0.1) is 5.92 Å². The van der Waals surface area contributed by atoms with E-state index in [2.05, 4.69) is 10.3 Å². The van der Waals surface area contributed by atoms with Gasteiger partial charge in [0.05, 0.1) is 49.0 Å². The van der Waals surface area contributed by atoms with Crippen LogP contribution in [-0.4, -0.2) is 84.9 Å². The van der Waals surface area contributed by atoms with Crippen LogP contribution >= 0.6 is 7.60 Å². The predicted molar refractivity (Wildman–Crippen MR) is 142 cm³/mol. The van der Waals surface area contributed by atoms with Crippen LogP contribution in [0.4, 0.5) is 4.39 Å². The Bertz CT molecular complexity index is 1190. The molecule has 1 amide bonds. The number of halogens is 1. The van der Waals surface area contributed by atoms with Gasteiger partial charge in [-0.1, -0.05) is 17.3 Å². The van der Waals surface area contributed by atoms with E-state index in [4.69, 9.17) is 9.63 Å². The topological polar surface area (TPSA) is 172 Å². The predicted octanol–water partition coefficient (Wildman–Crippen LogP) is 3.25. The highest BCUT2D eigenvalue weighted by atomic mass is 31.2. The van der Waals surface area contributed by atoms with Crippen molar-refractivity contribution in [3.63, 3.8) is 0 Å². The number of carbonyl (C=O) groups is 3. The number of hydrogen-bond acceptors (Lipinski definition) is 7. The van der Waals surface area contributed by atoms with Gasteiger partial charge >= 0.3 is 19.5 Å². The molecule has 0 saturated carbocycles. The number of aryl methyl sites for hydroxylation is 2. The first kappa shape index (κ1) is 31.4. The number of benzene rings is 1. The summed E-state index contributed by atoms with van der Waals surface area (Å²) in [5, 5.41) is 26.1. The Balaban J connectivity index is 1.44. The van der Waals surface area contributed by atoms with Crippen molar-refractivity contribution in [1.29, 1.82) is 0 Å². The highest BCUT2D eigenvalue weighted by Crippen LogP contribution is 2.45. The number of rotatable bonds is 17. The molecule has 2 unspecified atom stereocenters. The molecule has 1 saturated heterocycles. The molecule has 0 aliphatic carbocycles. The Kier molecular flexibility index (Phi) is 11.8. The number of aromatic nitrogens is 3. The molecule has 2 aromatic rings. The quantitative estimate of drug-likeness (QED) is 0.235. The monoisotopic (exact) mass is 582 g/mol. The molecule has 12 nitrogen and oxygen atoms in total. The van der Waals surface area contributed by atoms with Gasteiger partial charge in [0.25, 0.3) is 0 Å². The molecule has 3 N–H and O–H groups in total. The highest BCUT2D eigenvalue weighted by Gasteiger charge is 2.34. The van der Waals surface area contributed by atoms with E-state index in [0.717, 1.165) is 23.4 Å². The summed E-state index contributed by atoms with van der Waals surface area (Å²) in [5.74, 6) is -3.94. The fraction of sp³-hybridized carbons (Fsp3) is 0.577. The zero-order chi connectivity index (χ0) is 29.1. The summed E-state index contributed by atoms with van der Waals surface area (Å²) in [4.78, 5) is 46.8. The molecule has 3 atom stereocenters. The van der Waals surface area contributed by atoms with Gasteiger partial charge in [-0.05, 0) is 62.6 Å². The number of hydrogen-bond donors (Lipinski definition) is 3. The van der Waals surface area contributed by atoms with E-state index in [9.17, 15) is 33.3 Å². The van der Waals surface area contributed by atoms with E-state index in [-0.39, 0.29) is 25.0 Å². The number of carbonyl (C=O) groups excluding carboxylic acids is 1. The van der Waals surface area contributed by atoms with E-state index in [0.29, 0.717) is 45.1 Å². The van der Waals surface area contributed by atoms with Gasteiger partial charge in [-0.3, -0.25) is 23.3 Å². The minimum atomic E-state index is -4.30. The first-order chi connectivity index (χ1) is 19.1. The molecule has 0 spiro atoms. The maximum absolute atomic E-state index is 12.9. The second-order valence-electron chi connectivity index (χ2n) is 9.93. The van der Waals surface area contributed by atoms with Crippen molar-refractivity contribution in [2.75, 3.05) is 26.0 Å². The molecule has 220 valence electrons. The summed E-state index contributed by atoms with van der Waals surface area (Å²) in [5.41, 5.74) is 2.61. The Hall–Kier alpha value is -3.15. The molecule has 1 aliphatic heterocycles. The average Bonchev–Trinajstić information content (AvgIpc) is 3.59. The van der Waals surface area contributed by atoms with Gasteiger partial charge in [0, 0.05) is 19.4 Å². The summed E-state index contributed by atoms with van der Waals surface area (Å²) < 4.78 is 31.7. The van der Waals surface area contributed by atoms with Crippen LogP contribution in [-0.2, 0) is 36.3 Å². The fourth-order valence-corrected chi connectivity index (χ4v) is 6.06. The number of likely N-dealkylation sites (tertiary alicyclic amines) is 1. The molecule has 1 aliphatic rings. The molecule has 1 fully saturated rings. The Morgan fingerprint density at radius 3 is 2.55 bits per heavy atom. The summed E-state index contributed by atoms with van der Waals surface area (Å²) >= 11 is 0. The molecule has 2 heterocycles. The minimum Gasteiger partial charge on any atom is -0.481 e. The summed E-state index contributed by atoms with van der Waals surface area (Å²) in [6.45, 7) is -0.0730. The fourth-order valence-electron chi connectivity index (χ4n) is 4.65. The van der Waals surface area contributed by atoms with Crippen molar-refractivity contribution in [3.8, 4) is 5.69 Å². The lowest BCUT2D eigenvalue weighted by Gasteiger charge is -2.26. The molecule has 3 rings (SSSR count). The van der Waals surface area contributed by atoms with Crippen molar-refractivity contribution >= 4 is 25.4 Å². The number of nitrogens with zero attached hydrogens (tertiary/aromatic N) is 4. The van der Waals surface area contributed by atoms with Gasteiger partial charge in [0.15, 0.2) is 0 Å². The zero-order valence-corrected chi connectivity index (χ0v) is 23.1. The Labute approximate surface area is 231 Å². The maximum atomic E-state index is 12.9. The second-order valence-corrected chi connectivity index (χ2v) is 11.8. The molecule has 0 bridgehead atoms.